The van der Waals surface area contributed by atoms with Crippen LogP contribution in [-0.2, 0) is 12.8 Å². The van der Waals surface area contributed by atoms with Crippen LogP contribution in [0.2, 0.25) is 0 Å². The molecule has 0 amide bonds. The summed E-state index contributed by atoms with van der Waals surface area (Å²) in [5, 5.41) is 3.58. The Morgan fingerprint density at radius 1 is 1.00 bits per heavy atom. The Balaban J connectivity index is 2.80. The monoisotopic (exact) mass is 205 g/mol. The normalized spacial score (nSPS) is 10.3. The molecule has 0 aliphatic carbocycles. The first-order chi connectivity index (χ1) is 7.33. The number of aryl methyl sites for hydroxylation is 2. The Kier molecular flexibility index (Phi) is 5.23. The minimum Gasteiger partial charge on any atom is -0.385 e. The largest absolute Gasteiger partial charge is 0.385 e. The second-order valence-electron chi connectivity index (χ2n) is 3.94. The van der Waals surface area contributed by atoms with E-state index in [0.717, 1.165) is 19.4 Å². The van der Waals surface area contributed by atoms with Gasteiger partial charge in [-0.2, -0.15) is 0 Å². The molecule has 15 heavy (non-hydrogen) atoms. The predicted octanol–water partition coefficient (Wildman–Crippen LogP) is 4.02. The maximum absolute atomic E-state index is 3.58. The average molecular weight is 205 g/mol. The number of unbranched alkanes of at least 4 members (excludes halogenated alkanes) is 1. The lowest BCUT2D eigenvalue weighted by Crippen LogP contribution is -2.06. The first-order valence-electron chi connectivity index (χ1n) is 6.18. The lowest BCUT2D eigenvalue weighted by molar-refractivity contribution is 0.831. The van der Waals surface area contributed by atoms with Gasteiger partial charge in [0.1, 0.15) is 0 Å². The van der Waals surface area contributed by atoms with Crippen LogP contribution in [0, 0.1) is 0 Å². The fourth-order valence-corrected chi connectivity index (χ4v) is 1.86. The van der Waals surface area contributed by atoms with Crippen molar-refractivity contribution in [3.8, 4) is 0 Å². The number of hydrogen-bond acceptors (Lipinski definition) is 1. The van der Waals surface area contributed by atoms with Crippen molar-refractivity contribution in [2.75, 3.05) is 11.9 Å². The molecule has 1 heteroatoms. The van der Waals surface area contributed by atoms with Gasteiger partial charge < -0.3 is 5.32 Å². The summed E-state index contributed by atoms with van der Waals surface area (Å²) in [7, 11) is 0. The SMILES string of the molecule is CCCCNc1c(CC)cccc1CC. The maximum atomic E-state index is 3.58. The summed E-state index contributed by atoms with van der Waals surface area (Å²) in [6.07, 6.45) is 4.73. The van der Waals surface area contributed by atoms with Gasteiger partial charge in [-0.1, -0.05) is 45.4 Å². The minimum absolute atomic E-state index is 1.10. The molecule has 0 saturated heterocycles. The van der Waals surface area contributed by atoms with Gasteiger partial charge in [-0.15, -0.1) is 0 Å². The average Bonchev–Trinajstić information content (AvgIpc) is 2.29. The van der Waals surface area contributed by atoms with Gasteiger partial charge in [0.2, 0.25) is 0 Å². The van der Waals surface area contributed by atoms with E-state index in [2.05, 4.69) is 44.3 Å². The van der Waals surface area contributed by atoms with Crippen LogP contribution in [0.1, 0.15) is 44.7 Å². The smallest absolute Gasteiger partial charge is 0.0405 e. The molecule has 0 saturated carbocycles. The van der Waals surface area contributed by atoms with Crippen molar-refractivity contribution in [2.45, 2.75) is 46.5 Å². The van der Waals surface area contributed by atoms with Crippen molar-refractivity contribution in [1.82, 2.24) is 0 Å². The Labute approximate surface area is 93.9 Å². The zero-order chi connectivity index (χ0) is 11.1. The third kappa shape index (κ3) is 3.26. The molecule has 0 aliphatic heterocycles. The molecule has 0 radical (unpaired) electrons. The molecule has 0 aromatic heterocycles. The highest BCUT2D eigenvalue weighted by molar-refractivity contribution is 5.57. The van der Waals surface area contributed by atoms with Crippen LogP contribution in [0.5, 0.6) is 0 Å². The van der Waals surface area contributed by atoms with Gasteiger partial charge in [0, 0.05) is 12.2 Å². The van der Waals surface area contributed by atoms with Crippen LogP contribution in [-0.4, -0.2) is 6.54 Å². The van der Waals surface area contributed by atoms with Crippen molar-refractivity contribution < 1.29 is 0 Å². The Morgan fingerprint density at radius 3 is 2.07 bits per heavy atom. The molecule has 84 valence electrons. The number of benzene rings is 1. The van der Waals surface area contributed by atoms with Crippen molar-refractivity contribution >= 4 is 5.69 Å². The van der Waals surface area contributed by atoms with Gasteiger partial charge in [-0.3, -0.25) is 0 Å². The molecule has 1 nitrogen and oxygen atoms in total. The highest BCUT2D eigenvalue weighted by atomic mass is 14.9. The summed E-state index contributed by atoms with van der Waals surface area (Å²) in [6, 6.07) is 6.63. The zero-order valence-corrected chi connectivity index (χ0v) is 10.3. The predicted molar refractivity (Wildman–Crippen MR) is 68.6 cm³/mol. The standard InChI is InChI=1S/C14H23N/c1-4-7-11-15-14-12(5-2)9-8-10-13(14)6-3/h8-10,15H,4-7,11H2,1-3H3. The van der Waals surface area contributed by atoms with Crippen LogP contribution in [0.4, 0.5) is 5.69 Å². The molecular weight excluding hydrogens is 182 g/mol. The lowest BCUT2D eigenvalue weighted by Gasteiger charge is -2.14. The second kappa shape index (κ2) is 6.49. The second-order valence-corrected chi connectivity index (χ2v) is 3.94. The van der Waals surface area contributed by atoms with Crippen molar-refractivity contribution in [2.24, 2.45) is 0 Å². The number of rotatable bonds is 6. The molecular formula is C14H23N. The van der Waals surface area contributed by atoms with E-state index in [1.165, 1.54) is 29.7 Å². The summed E-state index contributed by atoms with van der Waals surface area (Å²) in [5.74, 6) is 0. The van der Waals surface area contributed by atoms with Gasteiger partial charge in [-0.05, 0) is 30.4 Å². The van der Waals surface area contributed by atoms with Gasteiger partial charge in [-0.25, -0.2) is 0 Å². The molecule has 0 unspecified atom stereocenters. The number of para-hydroxylation sites is 1. The molecule has 0 fully saturated rings. The highest BCUT2D eigenvalue weighted by Gasteiger charge is 2.04. The minimum atomic E-state index is 1.10. The van der Waals surface area contributed by atoms with Crippen molar-refractivity contribution in [3.63, 3.8) is 0 Å². The van der Waals surface area contributed by atoms with E-state index in [9.17, 15) is 0 Å². The lowest BCUT2D eigenvalue weighted by atomic mass is 10.0. The van der Waals surface area contributed by atoms with Gasteiger partial charge in [0.15, 0.2) is 0 Å². The summed E-state index contributed by atoms with van der Waals surface area (Å²) in [4.78, 5) is 0. The van der Waals surface area contributed by atoms with Crippen molar-refractivity contribution in [1.29, 1.82) is 0 Å². The van der Waals surface area contributed by atoms with E-state index in [-0.39, 0.29) is 0 Å². The highest BCUT2D eigenvalue weighted by Crippen LogP contribution is 2.22. The quantitative estimate of drug-likeness (QED) is 0.692. The van der Waals surface area contributed by atoms with E-state index in [1.807, 2.05) is 0 Å². The third-order valence-corrected chi connectivity index (χ3v) is 2.83. The Bertz CT molecular complexity index is 269. The fourth-order valence-electron chi connectivity index (χ4n) is 1.86. The van der Waals surface area contributed by atoms with Crippen LogP contribution in [0.15, 0.2) is 18.2 Å². The van der Waals surface area contributed by atoms with Gasteiger partial charge in [0.05, 0.1) is 0 Å². The maximum Gasteiger partial charge on any atom is 0.0405 e. The topological polar surface area (TPSA) is 12.0 Å². The molecule has 0 atom stereocenters. The number of anilines is 1. The van der Waals surface area contributed by atoms with Crippen molar-refractivity contribution in [3.05, 3.63) is 29.3 Å². The Hall–Kier alpha value is -0.980. The summed E-state index contributed by atoms with van der Waals surface area (Å²) < 4.78 is 0. The first-order valence-corrected chi connectivity index (χ1v) is 6.18. The summed E-state index contributed by atoms with van der Waals surface area (Å²) in [5.41, 5.74) is 4.28. The summed E-state index contributed by atoms with van der Waals surface area (Å²) in [6.45, 7) is 7.77. The Morgan fingerprint density at radius 2 is 1.60 bits per heavy atom. The fraction of sp³-hybridized carbons (Fsp3) is 0.571. The van der Waals surface area contributed by atoms with E-state index in [4.69, 9.17) is 0 Å². The van der Waals surface area contributed by atoms with E-state index < -0.39 is 0 Å². The number of nitrogens with one attached hydrogen (secondary N) is 1. The molecule has 0 bridgehead atoms. The van der Waals surface area contributed by atoms with E-state index in [0.29, 0.717) is 0 Å². The molecule has 0 heterocycles. The molecule has 1 rings (SSSR count). The molecule has 0 aliphatic rings. The summed E-state index contributed by atoms with van der Waals surface area (Å²) >= 11 is 0. The van der Waals surface area contributed by atoms with Crippen LogP contribution >= 0.6 is 0 Å². The molecule has 1 N–H and O–H groups in total. The zero-order valence-electron chi connectivity index (χ0n) is 10.3. The van der Waals surface area contributed by atoms with Crippen LogP contribution in [0.25, 0.3) is 0 Å². The molecule has 1 aromatic carbocycles. The van der Waals surface area contributed by atoms with Crippen LogP contribution in [0.3, 0.4) is 0 Å². The van der Waals surface area contributed by atoms with E-state index in [1.54, 1.807) is 0 Å². The molecule has 0 spiro atoms. The van der Waals surface area contributed by atoms with Crippen LogP contribution < -0.4 is 5.32 Å². The van der Waals surface area contributed by atoms with Gasteiger partial charge >= 0.3 is 0 Å². The molecule has 1 aromatic rings. The number of hydrogen-bond donors (Lipinski definition) is 1. The third-order valence-electron chi connectivity index (χ3n) is 2.83. The first kappa shape index (κ1) is 12.1. The van der Waals surface area contributed by atoms with E-state index >= 15 is 0 Å². The van der Waals surface area contributed by atoms with Gasteiger partial charge in [0.25, 0.3) is 0 Å².